The van der Waals surface area contributed by atoms with Gasteiger partial charge in [0.25, 0.3) is 11.2 Å². The Morgan fingerprint density at radius 3 is 2.59 bits per heavy atom. The van der Waals surface area contributed by atoms with Crippen molar-refractivity contribution < 1.29 is 4.92 Å². The van der Waals surface area contributed by atoms with Gasteiger partial charge >= 0.3 is 5.69 Å². The molecule has 1 heterocycles. The lowest BCUT2D eigenvalue weighted by Crippen LogP contribution is -2.23. The fraction of sp³-hybridized carbons (Fsp3) is 0.111. The van der Waals surface area contributed by atoms with E-state index >= 15 is 0 Å². The van der Waals surface area contributed by atoms with E-state index in [1.165, 1.54) is 13.0 Å². The summed E-state index contributed by atoms with van der Waals surface area (Å²) in [6.07, 6.45) is 0. The van der Waals surface area contributed by atoms with Gasteiger partial charge in [-0.25, -0.2) is 4.79 Å². The second kappa shape index (κ2) is 3.44. The molecule has 0 fully saturated rings. The number of aromatic nitrogens is 2. The van der Waals surface area contributed by atoms with E-state index < -0.39 is 16.2 Å². The maximum atomic E-state index is 11.5. The van der Waals surface area contributed by atoms with Crippen molar-refractivity contribution in [3.8, 4) is 0 Å². The molecule has 0 aliphatic heterocycles. The second-order valence-electron chi connectivity index (χ2n) is 3.54. The van der Waals surface area contributed by atoms with E-state index in [0.717, 1.165) is 0 Å². The van der Waals surface area contributed by atoms with E-state index in [1.54, 1.807) is 0 Å². The van der Waals surface area contributed by atoms with Gasteiger partial charge in [0.1, 0.15) is 5.69 Å². The Kier molecular flexibility index (Phi) is 2.20. The fourth-order valence-electron chi connectivity index (χ4n) is 1.74. The molecule has 0 saturated heterocycles. The summed E-state index contributed by atoms with van der Waals surface area (Å²) in [7, 11) is 0. The lowest BCUT2D eigenvalue weighted by molar-refractivity contribution is -0.384. The molecule has 0 aliphatic carbocycles. The summed E-state index contributed by atoms with van der Waals surface area (Å²) < 4.78 is 0. The van der Waals surface area contributed by atoms with Gasteiger partial charge in [0.15, 0.2) is 0 Å². The van der Waals surface area contributed by atoms with Crippen molar-refractivity contribution in [1.29, 1.82) is 0 Å². The highest BCUT2D eigenvalue weighted by atomic mass is 16.6. The first-order valence-electron chi connectivity index (χ1n) is 4.61. The van der Waals surface area contributed by atoms with Gasteiger partial charge in [0.05, 0.1) is 15.8 Å². The van der Waals surface area contributed by atoms with Crippen LogP contribution >= 0.6 is 0 Å². The zero-order valence-corrected chi connectivity index (χ0v) is 8.73. The first-order valence-corrected chi connectivity index (χ1v) is 4.61. The van der Waals surface area contributed by atoms with Gasteiger partial charge in [0, 0.05) is 5.56 Å². The zero-order chi connectivity index (χ0) is 12.7. The summed E-state index contributed by atoms with van der Waals surface area (Å²) in [6.45, 7) is 1.48. The van der Waals surface area contributed by atoms with Crippen molar-refractivity contribution in [2.45, 2.75) is 6.92 Å². The minimum Gasteiger partial charge on any atom is -0.392 e. The second-order valence-corrected chi connectivity index (χ2v) is 3.54. The van der Waals surface area contributed by atoms with Crippen molar-refractivity contribution in [3.63, 3.8) is 0 Å². The molecule has 0 radical (unpaired) electrons. The first kappa shape index (κ1) is 10.9. The van der Waals surface area contributed by atoms with E-state index in [0.29, 0.717) is 0 Å². The van der Waals surface area contributed by atoms with Crippen LogP contribution in [0.3, 0.4) is 0 Å². The Hall–Kier alpha value is -2.64. The minimum atomic E-state index is -0.746. The molecule has 2 aromatic rings. The van der Waals surface area contributed by atoms with Gasteiger partial charge in [-0.3, -0.25) is 19.9 Å². The number of nitro groups is 1. The summed E-state index contributed by atoms with van der Waals surface area (Å²) in [5.74, 6) is 0. The largest absolute Gasteiger partial charge is 0.392 e. The number of nitrogens with two attached hydrogens (primary N) is 1. The van der Waals surface area contributed by atoms with Crippen LogP contribution in [0.15, 0.2) is 15.7 Å². The summed E-state index contributed by atoms with van der Waals surface area (Å²) in [4.78, 5) is 37.1. The van der Waals surface area contributed by atoms with Gasteiger partial charge < -0.3 is 10.7 Å². The van der Waals surface area contributed by atoms with E-state index in [1.807, 2.05) is 4.98 Å². The number of fused-ring (bicyclic) bond motifs is 1. The monoisotopic (exact) mass is 236 g/mol. The number of anilines is 1. The Bertz CT molecular complexity index is 743. The number of benzene rings is 1. The summed E-state index contributed by atoms with van der Waals surface area (Å²) in [5, 5.41) is 10.7. The van der Waals surface area contributed by atoms with Crippen molar-refractivity contribution in [3.05, 3.63) is 42.6 Å². The average molecular weight is 236 g/mol. The van der Waals surface area contributed by atoms with Crippen LogP contribution in [-0.4, -0.2) is 14.9 Å². The van der Waals surface area contributed by atoms with Gasteiger partial charge in [-0.2, -0.15) is 0 Å². The van der Waals surface area contributed by atoms with E-state index in [2.05, 4.69) is 4.98 Å². The lowest BCUT2D eigenvalue weighted by Gasteiger charge is -2.04. The summed E-state index contributed by atoms with van der Waals surface area (Å²) in [5.41, 5.74) is 4.04. The molecule has 4 N–H and O–H groups in total. The molecule has 1 aromatic heterocycles. The number of aromatic amines is 2. The highest BCUT2D eigenvalue weighted by Crippen LogP contribution is 2.30. The number of nitrogens with one attached hydrogen (secondary N) is 2. The van der Waals surface area contributed by atoms with Crippen LogP contribution in [0.25, 0.3) is 10.9 Å². The third-order valence-corrected chi connectivity index (χ3v) is 2.41. The molecule has 0 saturated carbocycles. The van der Waals surface area contributed by atoms with Crippen molar-refractivity contribution in [2.75, 3.05) is 5.73 Å². The smallest absolute Gasteiger partial charge is 0.326 e. The van der Waals surface area contributed by atoms with Gasteiger partial charge in [-0.05, 0) is 13.0 Å². The topological polar surface area (TPSA) is 135 Å². The lowest BCUT2D eigenvalue weighted by atomic mass is 10.1. The molecule has 17 heavy (non-hydrogen) atoms. The Morgan fingerprint density at radius 1 is 1.35 bits per heavy atom. The molecular formula is C9H8N4O4. The maximum Gasteiger partial charge on any atom is 0.326 e. The van der Waals surface area contributed by atoms with Gasteiger partial charge in [0.2, 0.25) is 0 Å². The van der Waals surface area contributed by atoms with Crippen molar-refractivity contribution >= 4 is 22.3 Å². The van der Waals surface area contributed by atoms with Crippen LogP contribution in [0.1, 0.15) is 5.56 Å². The third kappa shape index (κ3) is 1.55. The number of hydrogen-bond acceptors (Lipinski definition) is 5. The number of nitro benzene ring substituents is 1. The third-order valence-electron chi connectivity index (χ3n) is 2.41. The number of rotatable bonds is 1. The number of hydrogen-bond donors (Lipinski definition) is 3. The van der Waals surface area contributed by atoms with E-state index in [-0.39, 0.29) is 27.8 Å². The van der Waals surface area contributed by atoms with E-state index in [9.17, 15) is 19.7 Å². The summed E-state index contributed by atoms with van der Waals surface area (Å²) in [6, 6.07) is 1.35. The normalized spacial score (nSPS) is 10.6. The predicted molar refractivity (Wildman–Crippen MR) is 61.0 cm³/mol. The Balaban J connectivity index is 3.08. The predicted octanol–water partition coefficient (Wildman–Crippen LogP) is 0.0152. The van der Waals surface area contributed by atoms with Gasteiger partial charge in [-0.1, -0.05) is 0 Å². The first-order chi connectivity index (χ1) is 7.91. The van der Waals surface area contributed by atoms with Crippen LogP contribution in [0.2, 0.25) is 0 Å². The van der Waals surface area contributed by atoms with Crippen LogP contribution in [0, 0.1) is 17.0 Å². The molecule has 0 bridgehead atoms. The molecule has 0 aliphatic rings. The number of aryl methyl sites for hydroxylation is 1. The highest BCUT2D eigenvalue weighted by molar-refractivity contribution is 5.95. The van der Waals surface area contributed by atoms with Gasteiger partial charge in [-0.15, -0.1) is 0 Å². The molecule has 0 amide bonds. The minimum absolute atomic E-state index is 0.0816. The molecular weight excluding hydrogens is 228 g/mol. The molecule has 8 nitrogen and oxygen atoms in total. The van der Waals surface area contributed by atoms with Crippen LogP contribution in [0.5, 0.6) is 0 Å². The number of nitrogen functional groups attached to an aromatic ring is 1. The molecule has 0 spiro atoms. The molecule has 2 rings (SSSR count). The van der Waals surface area contributed by atoms with Crippen molar-refractivity contribution in [1.82, 2.24) is 9.97 Å². The summed E-state index contributed by atoms with van der Waals surface area (Å²) >= 11 is 0. The molecule has 0 atom stereocenters. The van der Waals surface area contributed by atoms with Crippen LogP contribution < -0.4 is 17.0 Å². The van der Waals surface area contributed by atoms with Crippen LogP contribution in [-0.2, 0) is 0 Å². The molecule has 1 aromatic carbocycles. The standard InChI is InChI=1S/C9H8N4O4/c1-3-2-4-5(6(10)7(3)13(16)17)8(14)12-9(15)11-4/h2H,10H2,1H3,(H2,11,12,14,15). The zero-order valence-electron chi connectivity index (χ0n) is 8.73. The molecule has 8 heteroatoms. The van der Waals surface area contributed by atoms with E-state index in [4.69, 9.17) is 5.73 Å². The average Bonchev–Trinajstić information content (AvgIpc) is 2.13. The quantitative estimate of drug-likeness (QED) is 0.364. The molecule has 0 unspecified atom stereocenters. The fourth-order valence-corrected chi connectivity index (χ4v) is 1.74. The highest BCUT2D eigenvalue weighted by Gasteiger charge is 2.20. The Morgan fingerprint density at radius 2 is 2.00 bits per heavy atom. The van der Waals surface area contributed by atoms with Crippen LogP contribution in [0.4, 0.5) is 11.4 Å². The number of H-pyrrole nitrogens is 2. The number of nitrogens with zero attached hydrogens (tertiary/aromatic N) is 1. The van der Waals surface area contributed by atoms with Crippen molar-refractivity contribution in [2.24, 2.45) is 0 Å². The Labute approximate surface area is 93.2 Å². The molecule has 88 valence electrons. The SMILES string of the molecule is Cc1cc2[nH]c(=O)[nH]c(=O)c2c(N)c1[N+](=O)[O-]. The maximum absolute atomic E-state index is 11.5.